The number of rotatable bonds is 7. The van der Waals surface area contributed by atoms with Crippen molar-refractivity contribution in [3.05, 3.63) is 29.3 Å². The van der Waals surface area contributed by atoms with Crippen molar-refractivity contribution in [1.29, 1.82) is 0 Å². The van der Waals surface area contributed by atoms with Gasteiger partial charge >= 0.3 is 5.97 Å². The zero-order valence-electron chi connectivity index (χ0n) is 16.4. The van der Waals surface area contributed by atoms with Crippen LogP contribution >= 0.6 is 0 Å². The van der Waals surface area contributed by atoms with Gasteiger partial charge in [0, 0.05) is 0 Å². The summed E-state index contributed by atoms with van der Waals surface area (Å²) in [6.07, 6.45) is 2.74. The van der Waals surface area contributed by atoms with Crippen LogP contribution in [0.25, 0.3) is 0 Å². The molecule has 1 unspecified atom stereocenters. The molecule has 1 atom stereocenters. The number of ether oxygens (including phenoxy) is 1. The van der Waals surface area contributed by atoms with E-state index in [4.69, 9.17) is 4.74 Å². The predicted octanol–water partition coefficient (Wildman–Crippen LogP) is 5.69. The first-order valence-electron chi connectivity index (χ1n) is 9.01. The SMILES string of the molecule is CCCCCC(Oc1ccc(C(C)(C)C)cc1C(C)(C)C)C(=O)O. The van der Waals surface area contributed by atoms with E-state index in [-0.39, 0.29) is 10.8 Å². The molecular weight excluding hydrogens is 300 g/mol. The van der Waals surface area contributed by atoms with Gasteiger partial charge in [0.05, 0.1) is 0 Å². The monoisotopic (exact) mass is 334 g/mol. The summed E-state index contributed by atoms with van der Waals surface area (Å²) >= 11 is 0. The van der Waals surface area contributed by atoms with Crippen molar-refractivity contribution >= 4 is 5.97 Å². The van der Waals surface area contributed by atoms with Crippen molar-refractivity contribution in [2.45, 2.75) is 91.1 Å². The normalized spacial score (nSPS) is 13.6. The van der Waals surface area contributed by atoms with E-state index in [1.807, 2.05) is 6.07 Å². The van der Waals surface area contributed by atoms with Gasteiger partial charge in [0.25, 0.3) is 0 Å². The number of benzene rings is 1. The van der Waals surface area contributed by atoms with Crippen LogP contribution in [-0.4, -0.2) is 17.2 Å². The molecule has 1 N–H and O–H groups in total. The van der Waals surface area contributed by atoms with Crippen LogP contribution in [0.4, 0.5) is 0 Å². The lowest BCUT2D eigenvalue weighted by atomic mass is 9.80. The van der Waals surface area contributed by atoms with Gasteiger partial charge < -0.3 is 9.84 Å². The van der Waals surface area contributed by atoms with Gasteiger partial charge in [0.1, 0.15) is 5.75 Å². The Labute approximate surface area is 147 Å². The topological polar surface area (TPSA) is 46.5 Å². The van der Waals surface area contributed by atoms with E-state index in [0.717, 1.165) is 24.8 Å². The van der Waals surface area contributed by atoms with E-state index in [9.17, 15) is 9.90 Å². The van der Waals surface area contributed by atoms with Gasteiger partial charge in [-0.25, -0.2) is 4.79 Å². The average Bonchev–Trinajstić information content (AvgIpc) is 2.44. The van der Waals surface area contributed by atoms with E-state index in [1.165, 1.54) is 5.56 Å². The molecule has 0 aliphatic heterocycles. The molecule has 3 heteroatoms. The average molecular weight is 335 g/mol. The summed E-state index contributed by atoms with van der Waals surface area (Å²) in [7, 11) is 0. The largest absolute Gasteiger partial charge is 0.479 e. The molecule has 1 aromatic carbocycles. The third-order valence-corrected chi connectivity index (χ3v) is 4.27. The minimum atomic E-state index is -0.883. The standard InChI is InChI=1S/C21H34O3/c1-8-9-10-11-18(19(22)23)24-17-13-12-15(20(2,3)4)14-16(17)21(5,6)7/h12-14,18H,8-11H2,1-7H3,(H,22,23). The fraction of sp³-hybridized carbons (Fsp3) is 0.667. The summed E-state index contributed by atoms with van der Waals surface area (Å²) in [5.41, 5.74) is 2.24. The third-order valence-electron chi connectivity index (χ3n) is 4.27. The molecule has 0 heterocycles. The Hall–Kier alpha value is -1.51. The summed E-state index contributed by atoms with van der Waals surface area (Å²) in [5, 5.41) is 9.49. The van der Waals surface area contributed by atoms with Gasteiger partial charge in [-0.2, -0.15) is 0 Å². The maximum Gasteiger partial charge on any atom is 0.344 e. The molecule has 136 valence electrons. The quantitative estimate of drug-likeness (QED) is 0.651. The number of carboxylic acid groups (broad SMARTS) is 1. The van der Waals surface area contributed by atoms with Crippen molar-refractivity contribution in [2.75, 3.05) is 0 Å². The van der Waals surface area contributed by atoms with Crippen LogP contribution in [0, 0.1) is 0 Å². The molecular formula is C21H34O3. The number of unbranched alkanes of at least 4 members (excludes halogenated alkanes) is 2. The van der Waals surface area contributed by atoms with Gasteiger partial charge in [-0.05, 0) is 40.9 Å². The Morgan fingerprint density at radius 3 is 2.17 bits per heavy atom. The van der Waals surface area contributed by atoms with Crippen molar-refractivity contribution < 1.29 is 14.6 Å². The Kier molecular flexibility index (Phi) is 6.88. The molecule has 0 amide bonds. The Bertz CT molecular complexity index is 547. The minimum Gasteiger partial charge on any atom is -0.479 e. The van der Waals surface area contributed by atoms with Crippen molar-refractivity contribution in [3.63, 3.8) is 0 Å². The highest BCUT2D eigenvalue weighted by atomic mass is 16.5. The van der Waals surface area contributed by atoms with Gasteiger partial charge in [-0.3, -0.25) is 0 Å². The summed E-state index contributed by atoms with van der Waals surface area (Å²) in [6.45, 7) is 15.1. The highest BCUT2D eigenvalue weighted by Gasteiger charge is 2.26. The fourth-order valence-electron chi connectivity index (χ4n) is 2.65. The first kappa shape index (κ1) is 20.5. The van der Waals surface area contributed by atoms with Crippen LogP contribution < -0.4 is 4.74 Å². The molecule has 0 bridgehead atoms. The van der Waals surface area contributed by atoms with Crippen LogP contribution in [0.2, 0.25) is 0 Å². The van der Waals surface area contributed by atoms with Crippen LogP contribution in [0.5, 0.6) is 5.75 Å². The Morgan fingerprint density at radius 1 is 1.08 bits per heavy atom. The number of carbonyl (C=O) groups is 1. The Morgan fingerprint density at radius 2 is 1.71 bits per heavy atom. The molecule has 0 fully saturated rings. The van der Waals surface area contributed by atoms with Gasteiger partial charge in [-0.15, -0.1) is 0 Å². The van der Waals surface area contributed by atoms with E-state index >= 15 is 0 Å². The number of hydrogen-bond acceptors (Lipinski definition) is 2. The Balaban J connectivity index is 3.14. The summed E-state index contributed by atoms with van der Waals surface area (Å²) in [4.78, 5) is 11.6. The van der Waals surface area contributed by atoms with E-state index < -0.39 is 12.1 Å². The van der Waals surface area contributed by atoms with Gasteiger partial charge in [0.15, 0.2) is 6.10 Å². The number of aliphatic carboxylic acids is 1. The molecule has 0 radical (unpaired) electrons. The van der Waals surface area contributed by atoms with Crippen LogP contribution in [0.3, 0.4) is 0 Å². The van der Waals surface area contributed by atoms with E-state index in [0.29, 0.717) is 12.2 Å². The highest BCUT2D eigenvalue weighted by molar-refractivity contribution is 5.72. The van der Waals surface area contributed by atoms with Gasteiger partial charge in [0.2, 0.25) is 0 Å². The zero-order chi connectivity index (χ0) is 18.5. The molecule has 0 saturated carbocycles. The first-order valence-corrected chi connectivity index (χ1v) is 9.01. The summed E-state index contributed by atoms with van der Waals surface area (Å²) in [5.74, 6) is -0.190. The van der Waals surface area contributed by atoms with Crippen LogP contribution in [-0.2, 0) is 15.6 Å². The molecule has 0 aliphatic carbocycles. The first-order chi connectivity index (χ1) is 11.0. The number of hydrogen-bond donors (Lipinski definition) is 1. The van der Waals surface area contributed by atoms with E-state index in [2.05, 4.69) is 60.6 Å². The summed E-state index contributed by atoms with van der Waals surface area (Å²) < 4.78 is 5.95. The molecule has 0 spiro atoms. The molecule has 24 heavy (non-hydrogen) atoms. The van der Waals surface area contributed by atoms with Crippen molar-refractivity contribution in [1.82, 2.24) is 0 Å². The smallest absolute Gasteiger partial charge is 0.344 e. The lowest BCUT2D eigenvalue weighted by molar-refractivity contribution is -0.145. The molecule has 0 aromatic heterocycles. The maximum absolute atomic E-state index is 11.6. The molecule has 0 saturated heterocycles. The molecule has 0 aliphatic rings. The second-order valence-corrected chi connectivity index (χ2v) is 8.65. The molecule has 1 rings (SSSR count). The molecule has 1 aromatic rings. The lowest BCUT2D eigenvalue weighted by Gasteiger charge is -2.28. The minimum absolute atomic E-state index is 0.0475. The highest BCUT2D eigenvalue weighted by Crippen LogP contribution is 2.36. The fourth-order valence-corrected chi connectivity index (χ4v) is 2.65. The predicted molar refractivity (Wildman–Crippen MR) is 100 cm³/mol. The van der Waals surface area contributed by atoms with Gasteiger partial charge in [-0.1, -0.05) is 73.4 Å². The third kappa shape index (κ3) is 5.85. The summed E-state index contributed by atoms with van der Waals surface area (Å²) in [6, 6.07) is 6.16. The second-order valence-electron chi connectivity index (χ2n) is 8.65. The lowest BCUT2D eigenvalue weighted by Crippen LogP contribution is -2.28. The van der Waals surface area contributed by atoms with Crippen LogP contribution in [0.15, 0.2) is 18.2 Å². The maximum atomic E-state index is 11.6. The molecule has 3 nitrogen and oxygen atoms in total. The van der Waals surface area contributed by atoms with Crippen molar-refractivity contribution in [3.8, 4) is 5.75 Å². The van der Waals surface area contributed by atoms with Crippen LogP contribution in [0.1, 0.15) is 85.3 Å². The van der Waals surface area contributed by atoms with Crippen molar-refractivity contribution in [2.24, 2.45) is 0 Å². The number of carboxylic acids is 1. The second kappa shape index (κ2) is 8.04. The van der Waals surface area contributed by atoms with E-state index in [1.54, 1.807) is 0 Å². The zero-order valence-corrected chi connectivity index (χ0v) is 16.4.